The van der Waals surface area contributed by atoms with Crippen LogP contribution in [0.25, 0.3) is 0 Å². The Labute approximate surface area is 164 Å². The Morgan fingerprint density at radius 1 is 0.926 bits per heavy atom. The topological polar surface area (TPSA) is 79.5 Å². The van der Waals surface area contributed by atoms with Gasteiger partial charge in [-0.15, -0.1) is 0 Å². The van der Waals surface area contributed by atoms with E-state index in [1.54, 1.807) is 48.5 Å². The number of amides is 2. The van der Waals surface area contributed by atoms with Gasteiger partial charge in [-0.1, -0.05) is 24.3 Å². The highest BCUT2D eigenvalue weighted by Crippen LogP contribution is 2.18. The van der Waals surface area contributed by atoms with Gasteiger partial charge in [-0.25, -0.2) is 0 Å². The van der Waals surface area contributed by atoms with Gasteiger partial charge >= 0.3 is 0 Å². The first-order valence-electron chi connectivity index (χ1n) is 8.38. The van der Waals surface area contributed by atoms with Crippen LogP contribution in [-0.2, 0) is 0 Å². The molecule has 0 heterocycles. The monoisotopic (exact) mass is 385 g/mol. The molecule has 0 unspecified atom stereocenters. The van der Waals surface area contributed by atoms with E-state index in [-0.39, 0.29) is 16.6 Å². The van der Waals surface area contributed by atoms with E-state index >= 15 is 0 Å². The minimum absolute atomic E-state index is 0.0851. The summed E-state index contributed by atoms with van der Waals surface area (Å²) in [7, 11) is 1.49. The van der Waals surface area contributed by atoms with Gasteiger partial charge in [-0.2, -0.15) is 0 Å². The molecule has 7 heteroatoms. The number of nitrogens with one attached hydrogen (secondary N) is 3. The Kier molecular flexibility index (Phi) is 6.52. The highest BCUT2D eigenvalue weighted by atomic mass is 32.1. The highest BCUT2D eigenvalue weighted by molar-refractivity contribution is 7.80. The number of hydrogen-bond donors (Lipinski definition) is 3. The maximum Gasteiger partial charge on any atom is 0.261 e. The number of methoxy groups -OCH3 is 1. The van der Waals surface area contributed by atoms with E-state index in [0.717, 1.165) is 0 Å². The van der Waals surface area contributed by atoms with Crippen LogP contribution in [0.1, 0.15) is 41.5 Å². The number of para-hydroxylation sites is 2. The standard InChI is InChI=1S/C20H23N3O3S/c1-20(2,3)23-18(25)13-9-5-7-11-15(13)21-19(27)22-17(24)14-10-6-8-12-16(14)26-4/h5-12H,1-4H3,(H,23,25)(H2,21,22,24,27). The zero-order chi connectivity index (χ0) is 20.0. The summed E-state index contributed by atoms with van der Waals surface area (Å²) in [5.41, 5.74) is 0.928. The SMILES string of the molecule is COc1ccccc1C(=O)NC(=S)Nc1ccccc1C(=O)NC(C)(C)C. The number of carbonyl (C=O) groups is 2. The first-order chi connectivity index (χ1) is 12.7. The van der Waals surface area contributed by atoms with Crippen molar-refractivity contribution in [2.45, 2.75) is 26.3 Å². The minimum atomic E-state index is -0.401. The van der Waals surface area contributed by atoms with Crippen molar-refractivity contribution >= 4 is 34.8 Å². The molecule has 2 aromatic carbocycles. The number of rotatable bonds is 4. The highest BCUT2D eigenvalue weighted by Gasteiger charge is 2.19. The molecule has 0 aliphatic rings. The van der Waals surface area contributed by atoms with Crippen LogP contribution in [0.4, 0.5) is 5.69 Å². The van der Waals surface area contributed by atoms with Crippen molar-refractivity contribution in [3.8, 4) is 5.75 Å². The van der Waals surface area contributed by atoms with Crippen LogP contribution in [0.2, 0.25) is 0 Å². The first kappa shape index (κ1) is 20.4. The summed E-state index contributed by atoms with van der Waals surface area (Å²) < 4.78 is 5.19. The van der Waals surface area contributed by atoms with Crippen LogP contribution in [-0.4, -0.2) is 29.6 Å². The zero-order valence-electron chi connectivity index (χ0n) is 15.8. The van der Waals surface area contributed by atoms with Gasteiger partial charge in [-0.05, 0) is 57.3 Å². The van der Waals surface area contributed by atoms with Crippen LogP contribution in [0.5, 0.6) is 5.75 Å². The van der Waals surface area contributed by atoms with Crippen molar-refractivity contribution in [2.24, 2.45) is 0 Å². The number of ether oxygens (including phenoxy) is 1. The first-order valence-corrected chi connectivity index (χ1v) is 8.79. The molecule has 2 rings (SSSR count). The van der Waals surface area contributed by atoms with Gasteiger partial charge < -0.3 is 15.4 Å². The third kappa shape index (κ3) is 5.79. The lowest BCUT2D eigenvalue weighted by molar-refractivity contribution is 0.0919. The fourth-order valence-corrected chi connectivity index (χ4v) is 2.56. The van der Waals surface area contributed by atoms with Crippen LogP contribution >= 0.6 is 12.2 Å². The largest absolute Gasteiger partial charge is 0.496 e. The quantitative estimate of drug-likeness (QED) is 0.704. The van der Waals surface area contributed by atoms with Gasteiger partial charge in [0.05, 0.1) is 23.9 Å². The molecule has 0 atom stereocenters. The molecule has 6 nitrogen and oxygen atoms in total. The normalized spacial score (nSPS) is 10.7. The molecule has 0 spiro atoms. The Hall–Kier alpha value is -2.93. The maximum absolute atomic E-state index is 12.5. The molecule has 27 heavy (non-hydrogen) atoms. The van der Waals surface area contributed by atoms with Crippen LogP contribution in [0.3, 0.4) is 0 Å². The van der Waals surface area contributed by atoms with E-state index < -0.39 is 5.91 Å². The third-order valence-electron chi connectivity index (χ3n) is 3.49. The van der Waals surface area contributed by atoms with E-state index in [2.05, 4.69) is 16.0 Å². The second-order valence-corrected chi connectivity index (χ2v) is 7.27. The Bertz CT molecular complexity index is 860. The summed E-state index contributed by atoms with van der Waals surface area (Å²) in [5, 5.41) is 8.51. The van der Waals surface area contributed by atoms with Crippen molar-refractivity contribution in [2.75, 3.05) is 12.4 Å². The molecule has 0 bridgehead atoms. The van der Waals surface area contributed by atoms with Gasteiger partial charge in [0.25, 0.3) is 11.8 Å². The number of hydrogen-bond acceptors (Lipinski definition) is 4. The van der Waals surface area contributed by atoms with E-state index in [1.165, 1.54) is 7.11 Å². The van der Waals surface area contributed by atoms with Crippen molar-refractivity contribution < 1.29 is 14.3 Å². The molecule has 2 aromatic rings. The van der Waals surface area contributed by atoms with Gasteiger partial charge in [0, 0.05) is 5.54 Å². The average molecular weight is 385 g/mol. The fourth-order valence-electron chi connectivity index (χ4n) is 2.35. The summed E-state index contributed by atoms with van der Waals surface area (Å²) in [4.78, 5) is 24.9. The van der Waals surface area contributed by atoms with Crippen molar-refractivity contribution in [3.05, 3.63) is 59.7 Å². The van der Waals surface area contributed by atoms with Crippen LogP contribution in [0, 0.1) is 0 Å². The van der Waals surface area contributed by atoms with E-state index in [4.69, 9.17) is 17.0 Å². The fraction of sp³-hybridized carbons (Fsp3) is 0.250. The average Bonchev–Trinajstić information content (AvgIpc) is 2.60. The molecule has 142 valence electrons. The summed E-state index contributed by atoms with van der Waals surface area (Å²) >= 11 is 5.23. The van der Waals surface area contributed by atoms with Gasteiger partial charge in [-0.3, -0.25) is 14.9 Å². The van der Waals surface area contributed by atoms with Gasteiger partial charge in [0.2, 0.25) is 0 Å². The Balaban J connectivity index is 2.12. The predicted octanol–water partition coefficient (Wildman–Crippen LogP) is 3.35. The summed E-state index contributed by atoms with van der Waals surface area (Å²) in [6, 6.07) is 13.8. The summed E-state index contributed by atoms with van der Waals surface area (Å²) in [5.74, 6) is -0.186. The maximum atomic E-state index is 12.5. The molecular weight excluding hydrogens is 362 g/mol. The second-order valence-electron chi connectivity index (χ2n) is 6.86. The van der Waals surface area contributed by atoms with Crippen molar-refractivity contribution in [3.63, 3.8) is 0 Å². The predicted molar refractivity (Wildman–Crippen MR) is 110 cm³/mol. The lowest BCUT2D eigenvalue weighted by Gasteiger charge is -2.22. The molecule has 0 aromatic heterocycles. The van der Waals surface area contributed by atoms with Gasteiger partial charge in [0.15, 0.2) is 5.11 Å². The third-order valence-corrected chi connectivity index (χ3v) is 3.69. The van der Waals surface area contributed by atoms with Crippen LogP contribution in [0.15, 0.2) is 48.5 Å². The summed E-state index contributed by atoms with van der Waals surface area (Å²) in [6.07, 6.45) is 0. The minimum Gasteiger partial charge on any atom is -0.496 e. The van der Waals surface area contributed by atoms with Crippen LogP contribution < -0.4 is 20.7 Å². The number of anilines is 1. The molecule has 3 N–H and O–H groups in total. The molecule has 0 aliphatic heterocycles. The summed E-state index contributed by atoms with van der Waals surface area (Å²) in [6.45, 7) is 5.71. The lowest BCUT2D eigenvalue weighted by Crippen LogP contribution is -2.41. The molecule has 0 aliphatic carbocycles. The van der Waals surface area contributed by atoms with Crippen molar-refractivity contribution in [1.82, 2.24) is 10.6 Å². The molecule has 2 amide bonds. The van der Waals surface area contributed by atoms with E-state index in [0.29, 0.717) is 22.6 Å². The molecular formula is C20H23N3O3S. The lowest BCUT2D eigenvalue weighted by atomic mass is 10.1. The second kappa shape index (κ2) is 8.64. The molecule has 0 radical (unpaired) electrons. The Morgan fingerprint density at radius 2 is 1.52 bits per heavy atom. The number of thiocarbonyl (C=S) groups is 1. The zero-order valence-corrected chi connectivity index (χ0v) is 16.6. The Morgan fingerprint density at radius 3 is 2.15 bits per heavy atom. The molecule has 0 fully saturated rings. The molecule has 0 saturated carbocycles. The molecule has 0 saturated heterocycles. The van der Waals surface area contributed by atoms with E-state index in [1.807, 2.05) is 20.8 Å². The van der Waals surface area contributed by atoms with Crippen molar-refractivity contribution in [1.29, 1.82) is 0 Å². The van der Waals surface area contributed by atoms with Gasteiger partial charge in [0.1, 0.15) is 5.75 Å². The smallest absolute Gasteiger partial charge is 0.261 e. The number of benzene rings is 2. The van der Waals surface area contributed by atoms with E-state index in [9.17, 15) is 9.59 Å². The number of carbonyl (C=O) groups excluding carboxylic acids is 2.